The molecule has 150 valence electrons. The smallest absolute Gasteiger partial charge is 0.243 e. The largest absolute Gasteiger partial charge is 0.354 e. The molecule has 0 aromatic heterocycles. The molecule has 0 aliphatic heterocycles. The second kappa shape index (κ2) is 10.2. The van der Waals surface area contributed by atoms with Crippen LogP contribution in [0.2, 0.25) is 0 Å². The maximum absolute atomic E-state index is 12.5. The van der Waals surface area contributed by atoms with Crippen molar-refractivity contribution in [1.29, 1.82) is 0 Å². The number of likely N-dealkylation sites (N-methyl/N-ethyl adjacent to an activating group) is 1. The normalized spacial score (nSPS) is 12.5. The van der Waals surface area contributed by atoms with Crippen molar-refractivity contribution in [1.82, 2.24) is 14.9 Å². The Morgan fingerprint density at radius 2 is 1.70 bits per heavy atom. The van der Waals surface area contributed by atoms with Crippen molar-refractivity contribution in [2.24, 2.45) is 0 Å². The van der Waals surface area contributed by atoms with Gasteiger partial charge in [-0.1, -0.05) is 19.1 Å². The highest BCUT2D eigenvalue weighted by Crippen LogP contribution is 2.15. The van der Waals surface area contributed by atoms with Crippen molar-refractivity contribution in [3.05, 3.63) is 29.8 Å². The minimum Gasteiger partial charge on any atom is -0.354 e. The Hall–Kier alpha value is -2.26. The molecular formula is C18H27N3O5S. The van der Waals surface area contributed by atoms with Crippen LogP contribution in [0.25, 0.3) is 0 Å². The van der Waals surface area contributed by atoms with E-state index < -0.39 is 15.9 Å². The average molecular weight is 397 g/mol. The molecule has 0 saturated carbocycles. The number of rotatable bonds is 10. The molecule has 0 aliphatic rings. The van der Waals surface area contributed by atoms with Crippen LogP contribution in [0.4, 0.5) is 0 Å². The van der Waals surface area contributed by atoms with E-state index in [2.05, 4.69) is 10.6 Å². The number of benzene rings is 1. The molecule has 0 heterocycles. The van der Waals surface area contributed by atoms with Crippen molar-refractivity contribution in [3.8, 4) is 0 Å². The van der Waals surface area contributed by atoms with Crippen LogP contribution >= 0.6 is 0 Å². The number of amides is 2. The summed E-state index contributed by atoms with van der Waals surface area (Å²) >= 11 is 0. The number of carbonyl (C=O) groups excluding carboxylic acids is 3. The molecule has 1 aromatic carbocycles. The highest BCUT2D eigenvalue weighted by molar-refractivity contribution is 7.89. The SMILES string of the molecule is CCC(C)NC(=O)CCNC(=O)CN(C)S(=O)(=O)c1ccc(C(C)=O)cc1. The van der Waals surface area contributed by atoms with Gasteiger partial charge in [0.05, 0.1) is 11.4 Å². The maximum Gasteiger partial charge on any atom is 0.243 e. The van der Waals surface area contributed by atoms with Gasteiger partial charge < -0.3 is 10.6 Å². The molecule has 0 radical (unpaired) electrons. The summed E-state index contributed by atoms with van der Waals surface area (Å²) in [7, 11) is -2.56. The molecule has 1 rings (SSSR count). The Bertz CT molecular complexity index is 775. The standard InChI is InChI=1S/C18H27N3O5S/c1-5-13(2)20-17(23)10-11-19-18(24)12-21(4)27(25,26)16-8-6-15(7-9-16)14(3)22/h6-9,13H,5,10-12H2,1-4H3,(H,19,24)(H,20,23). The molecule has 0 spiro atoms. The number of Topliss-reactive ketones (excluding diaryl/α,β-unsaturated/α-hetero) is 1. The zero-order chi connectivity index (χ0) is 20.6. The summed E-state index contributed by atoms with van der Waals surface area (Å²) in [4.78, 5) is 34.8. The Kier molecular flexibility index (Phi) is 8.58. The quantitative estimate of drug-likeness (QED) is 0.570. The van der Waals surface area contributed by atoms with E-state index in [0.717, 1.165) is 10.7 Å². The summed E-state index contributed by atoms with van der Waals surface area (Å²) in [6.45, 7) is 4.99. The third-order valence-electron chi connectivity index (χ3n) is 4.03. The van der Waals surface area contributed by atoms with E-state index in [1.54, 1.807) is 0 Å². The lowest BCUT2D eigenvalue weighted by Gasteiger charge is -2.17. The first-order valence-electron chi connectivity index (χ1n) is 8.71. The van der Waals surface area contributed by atoms with Gasteiger partial charge in [0.25, 0.3) is 0 Å². The Labute approximate surface area is 160 Å². The van der Waals surface area contributed by atoms with Gasteiger partial charge in [0.1, 0.15) is 0 Å². The van der Waals surface area contributed by atoms with Crippen LogP contribution in [0.1, 0.15) is 44.0 Å². The van der Waals surface area contributed by atoms with Gasteiger partial charge in [-0.2, -0.15) is 4.31 Å². The zero-order valence-corrected chi connectivity index (χ0v) is 16.9. The van der Waals surface area contributed by atoms with E-state index in [1.165, 1.54) is 38.2 Å². The maximum atomic E-state index is 12.5. The number of hydrogen-bond acceptors (Lipinski definition) is 5. The molecule has 1 unspecified atom stereocenters. The molecule has 0 aliphatic carbocycles. The second-order valence-corrected chi connectivity index (χ2v) is 8.36. The fourth-order valence-electron chi connectivity index (χ4n) is 2.15. The summed E-state index contributed by atoms with van der Waals surface area (Å²) in [6.07, 6.45) is 0.938. The van der Waals surface area contributed by atoms with Crippen molar-refractivity contribution < 1.29 is 22.8 Å². The van der Waals surface area contributed by atoms with Gasteiger partial charge in [0.2, 0.25) is 21.8 Å². The van der Waals surface area contributed by atoms with Crippen molar-refractivity contribution in [3.63, 3.8) is 0 Å². The van der Waals surface area contributed by atoms with E-state index in [9.17, 15) is 22.8 Å². The van der Waals surface area contributed by atoms with Gasteiger partial charge in [-0.25, -0.2) is 8.42 Å². The highest BCUT2D eigenvalue weighted by Gasteiger charge is 2.23. The van der Waals surface area contributed by atoms with Crippen molar-refractivity contribution >= 4 is 27.6 Å². The van der Waals surface area contributed by atoms with Crippen molar-refractivity contribution in [2.45, 2.75) is 44.6 Å². The Morgan fingerprint density at radius 3 is 2.22 bits per heavy atom. The summed E-state index contributed by atoms with van der Waals surface area (Å²) in [6, 6.07) is 5.59. The molecule has 27 heavy (non-hydrogen) atoms. The summed E-state index contributed by atoms with van der Waals surface area (Å²) in [5.74, 6) is -0.835. The van der Waals surface area contributed by atoms with Crippen LogP contribution in [-0.4, -0.2) is 56.5 Å². The zero-order valence-electron chi connectivity index (χ0n) is 16.1. The Morgan fingerprint density at radius 1 is 1.11 bits per heavy atom. The molecule has 2 amide bonds. The number of nitrogens with zero attached hydrogens (tertiary/aromatic N) is 1. The predicted octanol–water partition coefficient (Wildman–Crippen LogP) is 0.931. The number of ketones is 1. The summed E-state index contributed by atoms with van der Waals surface area (Å²) in [5.41, 5.74) is 0.407. The van der Waals surface area contributed by atoms with Gasteiger partial charge in [-0.05, 0) is 32.4 Å². The van der Waals surface area contributed by atoms with Gasteiger partial charge in [0.15, 0.2) is 5.78 Å². The molecule has 1 aromatic rings. The van der Waals surface area contributed by atoms with E-state index >= 15 is 0 Å². The van der Waals surface area contributed by atoms with Gasteiger partial charge in [-0.3, -0.25) is 14.4 Å². The van der Waals surface area contributed by atoms with E-state index in [-0.39, 0.29) is 42.1 Å². The van der Waals surface area contributed by atoms with Crippen LogP contribution in [0.3, 0.4) is 0 Å². The second-order valence-electron chi connectivity index (χ2n) is 6.32. The molecule has 0 saturated heterocycles. The first-order valence-corrected chi connectivity index (χ1v) is 10.1. The fourth-order valence-corrected chi connectivity index (χ4v) is 3.28. The van der Waals surface area contributed by atoms with Crippen LogP contribution in [-0.2, 0) is 19.6 Å². The number of sulfonamides is 1. The molecule has 9 heteroatoms. The fraction of sp³-hybridized carbons (Fsp3) is 0.500. The lowest BCUT2D eigenvalue weighted by Crippen LogP contribution is -2.40. The lowest BCUT2D eigenvalue weighted by molar-refractivity contribution is -0.122. The average Bonchev–Trinajstić information content (AvgIpc) is 2.61. The number of carbonyl (C=O) groups is 3. The molecule has 2 N–H and O–H groups in total. The lowest BCUT2D eigenvalue weighted by atomic mass is 10.2. The minimum atomic E-state index is -3.86. The predicted molar refractivity (Wildman–Crippen MR) is 102 cm³/mol. The molecule has 0 fully saturated rings. The van der Waals surface area contributed by atoms with E-state index in [0.29, 0.717) is 5.56 Å². The summed E-state index contributed by atoms with van der Waals surface area (Å²) in [5, 5.41) is 5.31. The molecule has 1 atom stereocenters. The minimum absolute atomic E-state index is 0.00395. The van der Waals surface area contributed by atoms with E-state index in [4.69, 9.17) is 0 Å². The highest BCUT2D eigenvalue weighted by atomic mass is 32.2. The van der Waals surface area contributed by atoms with Gasteiger partial charge >= 0.3 is 0 Å². The van der Waals surface area contributed by atoms with Crippen LogP contribution in [0.15, 0.2) is 29.2 Å². The molecule has 0 bridgehead atoms. The molecule has 8 nitrogen and oxygen atoms in total. The van der Waals surface area contributed by atoms with Gasteiger partial charge in [-0.15, -0.1) is 0 Å². The molecular weight excluding hydrogens is 370 g/mol. The van der Waals surface area contributed by atoms with Crippen LogP contribution in [0.5, 0.6) is 0 Å². The van der Waals surface area contributed by atoms with Crippen LogP contribution < -0.4 is 10.6 Å². The third-order valence-corrected chi connectivity index (χ3v) is 5.85. The number of hydrogen-bond donors (Lipinski definition) is 2. The first-order chi connectivity index (χ1) is 12.6. The first kappa shape index (κ1) is 22.8. The van der Waals surface area contributed by atoms with E-state index in [1.807, 2.05) is 13.8 Å². The monoisotopic (exact) mass is 397 g/mol. The Balaban J connectivity index is 2.56. The topological polar surface area (TPSA) is 113 Å². The number of nitrogens with one attached hydrogen (secondary N) is 2. The van der Waals surface area contributed by atoms with Gasteiger partial charge in [0, 0.05) is 31.6 Å². The van der Waals surface area contributed by atoms with Crippen molar-refractivity contribution in [2.75, 3.05) is 20.1 Å². The van der Waals surface area contributed by atoms with Crippen LogP contribution in [0, 0.1) is 0 Å². The third kappa shape index (κ3) is 7.10. The summed E-state index contributed by atoms with van der Waals surface area (Å²) < 4.78 is 25.9.